The zero-order chi connectivity index (χ0) is 25.4. The van der Waals surface area contributed by atoms with Crippen LogP contribution in [0.1, 0.15) is 99.5 Å². The maximum absolute atomic E-state index is 13.4. The topological polar surface area (TPSA) is 57.6 Å². The van der Waals surface area contributed by atoms with Gasteiger partial charge in [-0.2, -0.15) is 4.31 Å². The Labute approximate surface area is 225 Å². The summed E-state index contributed by atoms with van der Waals surface area (Å²) in [5.41, 5.74) is 4.63. The van der Waals surface area contributed by atoms with E-state index in [2.05, 4.69) is 48.3 Å². The van der Waals surface area contributed by atoms with E-state index < -0.39 is 10.0 Å². The van der Waals surface area contributed by atoms with Gasteiger partial charge in [0.25, 0.3) is 0 Å². The number of unbranched alkanes of at least 4 members (excludes halogenated alkanes) is 7. The molecule has 190 valence electrons. The van der Waals surface area contributed by atoms with Crippen molar-refractivity contribution in [2.24, 2.45) is 0 Å². The molecule has 4 nitrogen and oxygen atoms in total. The second-order valence-electron chi connectivity index (χ2n) is 9.48. The Hall–Kier alpha value is -1.56. The summed E-state index contributed by atoms with van der Waals surface area (Å²) in [7, 11) is -3.64. The van der Waals surface area contributed by atoms with Crippen LogP contribution in [0.4, 0.5) is 0 Å². The molecule has 3 rings (SSSR count). The van der Waals surface area contributed by atoms with Crippen LogP contribution in [0.2, 0.25) is 0 Å². The van der Waals surface area contributed by atoms with E-state index in [1.165, 1.54) is 30.0 Å². The molecule has 0 saturated heterocycles. The number of phenolic OH excluding ortho intramolecular Hbond substituents is 1. The van der Waals surface area contributed by atoms with Crippen LogP contribution in [-0.4, -0.2) is 17.8 Å². The van der Waals surface area contributed by atoms with Crippen LogP contribution in [0.15, 0.2) is 29.2 Å². The van der Waals surface area contributed by atoms with Crippen LogP contribution in [-0.2, 0) is 29.5 Å². The van der Waals surface area contributed by atoms with E-state index in [0.29, 0.717) is 11.4 Å². The first-order valence-corrected chi connectivity index (χ1v) is 15.4. The van der Waals surface area contributed by atoms with E-state index in [0.717, 1.165) is 69.9 Å². The minimum absolute atomic E-state index is 0.263. The molecular formula is C29H38INO3S. The molecule has 1 aliphatic rings. The van der Waals surface area contributed by atoms with Gasteiger partial charge in [0.2, 0.25) is 10.0 Å². The fourth-order valence-corrected chi connectivity index (χ4v) is 6.75. The van der Waals surface area contributed by atoms with Gasteiger partial charge in [-0.3, -0.25) is 0 Å². The Kier molecular flexibility index (Phi) is 10.5. The van der Waals surface area contributed by atoms with E-state index in [4.69, 9.17) is 0 Å². The molecule has 0 radical (unpaired) electrons. The Morgan fingerprint density at radius 3 is 2.23 bits per heavy atom. The molecular weight excluding hydrogens is 569 g/mol. The summed E-state index contributed by atoms with van der Waals surface area (Å²) >= 11 is 2.18. The van der Waals surface area contributed by atoms with Gasteiger partial charge in [-0.1, -0.05) is 81.9 Å². The molecule has 0 spiro atoms. The highest BCUT2D eigenvalue weighted by atomic mass is 127. The van der Waals surface area contributed by atoms with Gasteiger partial charge in [0.1, 0.15) is 5.75 Å². The summed E-state index contributed by atoms with van der Waals surface area (Å²) in [6.07, 6.45) is 10.7. The molecule has 0 atom stereocenters. The number of rotatable bonds is 11. The maximum atomic E-state index is 13.4. The molecule has 0 amide bonds. The molecule has 6 heteroatoms. The minimum Gasteiger partial charge on any atom is -0.506 e. The zero-order valence-corrected chi connectivity index (χ0v) is 24.3. The molecule has 0 aliphatic carbocycles. The average molecular weight is 608 g/mol. The first kappa shape index (κ1) is 28.0. The third-order valence-electron chi connectivity index (χ3n) is 6.70. The van der Waals surface area contributed by atoms with Gasteiger partial charge in [-0.25, -0.2) is 8.42 Å². The zero-order valence-electron chi connectivity index (χ0n) is 21.3. The molecule has 1 aliphatic heterocycles. The Morgan fingerprint density at radius 2 is 1.57 bits per heavy atom. The number of hydrogen-bond donors (Lipinski definition) is 1. The number of benzene rings is 2. The van der Waals surface area contributed by atoms with Gasteiger partial charge in [0, 0.05) is 30.6 Å². The molecule has 0 unspecified atom stereocenters. The first-order valence-electron chi connectivity index (χ1n) is 12.9. The minimum atomic E-state index is -3.64. The van der Waals surface area contributed by atoms with Gasteiger partial charge in [0.15, 0.2) is 0 Å². The third-order valence-corrected chi connectivity index (χ3v) is 9.67. The monoisotopic (exact) mass is 607 g/mol. The van der Waals surface area contributed by atoms with Crippen molar-refractivity contribution in [2.75, 3.05) is 0 Å². The highest BCUT2D eigenvalue weighted by Crippen LogP contribution is 2.41. The predicted molar refractivity (Wildman–Crippen MR) is 152 cm³/mol. The van der Waals surface area contributed by atoms with E-state index >= 15 is 0 Å². The summed E-state index contributed by atoms with van der Waals surface area (Å²) in [5.74, 6) is 7.01. The molecule has 0 bridgehead atoms. The molecule has 0 aromatic heterocycles. The number of fused-ring (bicyclic) bond motifs is 1. The lowest BCUT2D eigenvalue weighted by Crippen LogP contribution is -2.25. The summed E-state index contributed by atoms with van der Waals surface area (Å²) in [5, 5.41) is 11.2. The maximum Gasteiger partial charge on any atom is 0.243 e. The second kappa shape index (κ2) is 13.1. The van der Waals surface area contributed by atoms with Crippen molar-refractivity contribution in [2.45, 2.75) is 103 Å². The van der Waals surface area contributed by atoms with E-state index in [9.17, 15) is 13.5 Å². The lowest BCUT2D eigenvalue weighted by molar-refractivity contribution is 0.430. The van der Waals surface area contributed by atoms with Crippen LogP contribution >= 0.6 is 22.6 Å². The lowest BCUT2D eigenvalue weighted by atomic mass is 9.93. The predicted octanol–water partition coefficient (Wildman–Crippen LogP) is 7.45. The van der Waals surface area contributed by atoms with Gasteiger partial charge >= 0.3 is 0 Å². The number of aromatic hydroxyl groups is 1. The smallest absolute Gasteiger partial charge is 0.243 e. The standard InChI is InChI=1S/C29H38INO3S/c1-4-6-8-10-11-13-14-24-25(15-12-9-7-5-2)29(32)28(30)27-21-31(20-26(24)27)35(33,34)23-18-16-22(3)17-19-23/h16-19,32H,4-12,15,20-21H2,1-3H3. The number of sulfonamides is 1. The van der Waals surface area contributed by atoms with Crippen LogP contribution in [0.25, 0.3) is 0 Å². The van der Waals surface area contributed by atoms with Gasteiger partial charge in [-0.05, 0) is 72.0 Å². The third kappa shape index (κ3) is 6.81. The summed E-state index contributed by atoms with van der Waals surface area (Å²) in [6, 6.07) is 7.00. The van der Waals surface area contributed by atoms with Crippen LogP contribution < -0.4 is 0 Å². The highest BCUT2D eigenvalue weighted by Gasteiger charge is 2.35. The van der Waals surface area contributed by atoms with Crippen molar-refractivity contribution in [3.05, 3.63) is 55.7 Å². The average Bonchev–Trinajstić information content (AvgIpc) is 3.30. The van der Waals surface area contributed by atoms with Gasteiger partial charge in [0.05, 0.1) is 8.47 Å². The first-order chi connectivity index (χ1) is 16.8. The Morgan fingerprint density at radius 1 is 0.943 bits per heavy atom. The molecule has 0 saturated carbocycles. The molecule has 0 fully saturated rings. The van der Waals surface area contributed by atoms with Crippen molar-refractivity contribution < 1.29 is 13.5 Å². The number of aryl methyl sites for hydroxylation is 1. The summed E-state index contributed by atoms with van der Waals surface area (Å²) < 4.78 is 29.2. The Balaban J connectivity index is 1.96. The van der Waals surface area contributed by atoms with Gasteiger partial charge < -0.3 is 5.11 Å². The number of halogens is 1. The Bertz CT molecular complexity index is 1180. The van der Waals surface area contributed by atoms with E-state index in [1.54, 1.807) is 12.1 Å². The highest BCUT2D eigenvalue weighted by molar-refractivity contribution is 14.1. The van der Waals surface area contributed by atoms with Crippen molar-refractivity contribution in [3.8, 4) is 17.6 Å². The van der Waals surface area contributed by atoms with Crippen LogP contribution in [0.5, 0.6) is 5.75 Å². The van der Waals surface area contributed by atoms with Crippen molar-refractivity contribution >= 4 is 32.6 Å². The largest absolute Gasteiger partial charge is 0.506 e. The number of nitrogens with zero attached hydrogens (tertiary/aromatic N) is 1. The summed E-state index contributed by atoms with van der Waals surface area (Å²) in [6.45, 7) is 6.89. The fourth-order valence-electron chi connectivity index (χ4n) is 4.55. The second-order valence-corrected chi connectivity index (χ2v) is 12.5. The molecule has 35 heavy (non-hydrogen) atoms. The molecule has 2 aromatic rings. The van der Waals surface area contributed by atoms with Gasteiger partial charge in [-0.15, -0.1) is 0 Å². The summed E-state index contributed by atoms with van der Waals surface area (Å²) in [4.78, 5) is 0.304. The molecule has 2 aromatic carbocycles. The van der Waals surface area contributed by atoms with E-state index in [1.807, 2.05) is 19.1 Å². The molecule has 1 heterocycles. The lowest BCUT2D eigenvalue weighted by Gasteiger charge is -2.16. The van der Waals surface area contributed by atoms with Crippen molar-refractivity contribution in [1.82, 2.24) is 4.31 Å². The van der Waals surface area contributed by atoms with Crippen LogP contribution in [0, 0.1) is 22.3 Å². The van der Waals surface area contributed by atoms with Crippen molar-refractivity contribution in [3.63, 3.8) is 0 Å². The SMILES string of the molecule is CCCCCCC#Cc1c(CCCCCC)c(O)c(I)c2c1CN(S(=O)(=O)c1ccc(C)cc1)C2. The molecule has 1 N–H and O–H groups in total. The van der Waals surface area contributed by atoms with Crippen molar-refractivity contribution in [1.29, 1.82) is 0 Å². The number of hydrogen-bond acceptors (Lipinski definition) is 3. The quantitative estimate of drug-likeness (QED) is 0.164. The van der Waals surface area contributed by atoms with E-state index in [-0.39, 0.29) is 12.3 Å². The number of phenols is 1. The fraction of sp³-hybridized carbons (Fsp3) is 0.517. The normalized spacial score (nSPS) is 13.5. The van der Waals surface area contributed by atoms with Crippen LogP contribution in [0.3, 0.4) is 0 Å².